The maximum atomic E-state index is 12.2. The Morgan fingerprint density at radius 2 is 2.12 bits per heavy atom. The first-order chi connectivity index (χ1) is 11.3. The number of amides is 1. The van der Waals surface area contributed by atoms with E-state index < -0.39 is 23.2 Å². The van der Waals surface area contributed by atoms with Gasteiger partial charge in [-0.2, -0.15) is 0 Å². The van der Waals surface area contributed by atoms with Gasteiger partial charge in [0.05, 0.1) is 11.8 Å². The maximum absolute atomic E-state index is 12.2. The van der Waals surface area contributed by atoms with Crippen molar-refractivity contribution in [2.24, 2.45) is 17.3 Å². The Hall–Kier alpha value is -1.59. The average Bonchev–Trinajstić information content (AvgIpc) is 3.10. The van der Waals surface area contributed by atoms with Crippen molar-refractivity contribution in [3.05, 3.63) is 34.3 Å². The van der Waals surface area contributed by atoms with E-state index in [2.05, 4.69) is 16.3 Å². The van der Waals surface area contributed by atoms with Crippen LogP contribution in [0.15, 0.2) is 18.2 Å². The summed E-state index contributed by atoms with van der Waals surface area (Å²) in [6.07, 6.45) is 0.916. The van der Waals surface area contributed by atoms with Gasteiger partial charge in [-0.05, 0) is 29.0 Å². The molecule has 24 heavy (non-hydrogen) atoms. The molecule has 0 aromatic heterocycles. The second-order valence-corrected chi connectivity index (χ2v) is 7.72. The fourth-order valence-electron chi connectivity index (χ4n) is 3.85. The van der Waals surface area contributed by atoms with Crippen LogP contribution in [0, 0.1) is 17.3 Å². The predicted octanol–water partition coefficient (Wildman–Crippen LogP) is 2.17. The van der Waals surface area contributed by atoms with Gasteiger partial charge in [0.1, 0.15) is 0 Å². The van der Waals surface area contributed by atoms with E-state index in [9.17, 15) is 9.59 Å². The minimum absolute atomic E-state index is 0.146. The van der Waals surface area contributed by atoms with E-state index in [1.54, 1.807) is 0 Å². The predicted molar refractivity (Wildman–Crippen MR) is 91.8 cm³/mol. The molecule has 0 saturated heterocycles. The molecule has 130 valence electrons. The third-order valence-electron chi connectivity index (χ3n) is 5.39. The number of rotatable bonds is 5. The molecule has 0 radical (unpaired) electrons. The number of halogens is 1. The van der Waals surface area contributed by atoms with E-state index in [-0.39, 0.29) is 5.91 Å². The molecule has 0 bridgehead atoms. The molecule has 2 aliphatic rings. The van der Waals surface area contributed by atoms with Crippen molar-refractivity contribution in [2.75, 3.05) is 19.6 Å². The van der Waals surface area contributed by atoms with Crippen LogP contribution in [0.2, 0.25) is 5.02 Å². The molecule has 1 aromatic carbocycles. The third kappa shape index (κ3) is 3.15. The molecule has 2 N–H and O–H groups in total. The lowest BCUT2D eigenvalue weighted by atomic mass is 10.00. The first-order valence-electron chi connectivity index (χ1n) is 8.31. The molecule has 1 heterocycles. The van der Waals surface area contributed by atoms with Gasteiger partial charge >= 0.3 is 5.97 Å². The summed E-state index contributed by atoms with van der Waals surface area (Å²) in [5, 5.41) is 12.9. The standard InChI is InChI=1S/C18H23ClN2O3/c1-18(2)14(15(18)17(23)24)16(22)20-7-9-21-8-6-12-11(10-21)4-3-5-13(12)19/h3-5,14-15H,6-10H2,1-2H3,(H,20,22)(H,23,24)/t14-,15+/m1/s1. The van der Waals surface area contributed by atoms with Crippen molar-refractivity contribution < 1.29 is 14.7 Å². The summed E-state index contributed by atoms with van der Waals surface area (Å²) >= 11 is 6.22. The van der Waals surface area contributed by atoms with Crippen LogP contribution < -0.4 is 5.32 Å². The number of carbonyl (C=O) groups is 2. The van der Waals surface area contributed by atoms with E-state index in [1.807, 2.05) is 26.0 Å². The van der Waals surface area contributed by atoms with Gasteiger partial charge in [0.15, 0.2) is 0 Å². The van der Waals surface area contributed by atoms with Crippen molar-refractivity contribution in [3.63, 3.8) is 0 Å². The number of benzene rings is 1. The van der Waals surface area contributed by atoms with E-state index in [0.717, 1.165) is 31.1 Å². The normalized spacial score (nSPS) is 25.0. The van der Waals surface area contributed by atoms with Crippen molar-refractivity contribution in [1.29, 1.82) is 0 Å². The zero-order valence-corrected chi connectivity index (χ0v) is 14.8. The summed E-state index contributed by atoms with van der Waals surface area (Å²) in [5.41, 5.74) is 2.02. The number of hydrogen-bond acceptors (Lipinski definition) is 3. The molecule has 1 fully saturated rings. The Bertz CT molecular complexity index is 674. The summed E-state index contributed by atoms with van der Waals surface area (Å²) in [6.45, 7) is 6.70. The largest absolute Gasteiger partial charge is 0.481 e. The van der Waals surface area contributed by atoms with Crippen molar-refractivity contribution in [1.82, 2.24) is 10.2 Å². The minimum atomic E-state index is -0.885. The fraction of sp³-hybridized carbons (Fsp3) is 0.556. The topological polar surface area (TPSA) is 69.6 Å². The minimum Gasteiger partial charge on any atom is -0.481 e. The van der Waals surface area contributed by atoms with Crippen molar-refractivity contribution in [3.8, 4) is 0 Å². The van der Waals surface area contributed by atoms with E-state index >= 15 is 0 Å². The molecule has 5 nitrogen and oxygen atoms in total. The maximum Gasteiger partial charge on any atom is 0.307 e. The lowest BCUT2D eigenvalue weighted by Crippen LogP contribution is -2.38. The number of fused-ring (bicyclic) bond motifs is 1. The molecule has 1 aliphatic heterocycles. The van der Waals surface area contributed by atoms with Gasteiger partial charge in [-0.1, -0.05) is 37.6 Å². The number of carboxylic acid groups (broad SMARTS) is 1. The average molecular weight is 351 g/mol. The zero-order chi connectivity index (χ0) is 17.5. The zero-order valence-electron chi connectivity index (χ0n) is 14.0. The van der Waals surface area contributed by atoms with Crippen LogP contribution in [-0.4, -0.2) is 41.5 Å². The van der Waals surface area contributed by atoms with Gasteiger partial charge in [-0.15, -0.1) is 0 Å². The highest BCUT2D eigenvalue weighted by Crippen LogP contribution is 2.58. The summed E-state index contributed by atoms with van der Waals surface area (Å²) in [5.74, 6) is -2.02. The van der Waals surface area contributed by atoms with Gasteiger partial charge in [0.25, 0.3) is 0 Å². The molecule has 1 aliphatic carbocycles. The number of carbonyl (C=O) groups excluding carboxylic acids is 1. The Morgan fingerprint density at radius 3 is 2.79 bits per heavy atom. The van der Waals surface area contributed by atoms with Crippen LogP contribution in [0.1, 0.15) is 25.0 Å². The van der Waals surface area contributed by atoms with Crippen LogP contribution in [-0.2, 0) is 22.6 Å². The molecule has 6 heteroatoms. The lowest BCUT2D eigenvalue weighted by Gasteiger charge is -2.29. The van der Waals surface area contributed by atoms with Crippen LogP contribution in [0.4, 0.5) is 0 Å². The summed E-state index contributed by atoms with van der Waals surface area (Å²) < 4.78 is 0. The molecule has 1 amide bonds. The van der Waals surface area contributed by atoms with Crippen molar-refractivity contribution in [2.45, 2.75) is 26.8 Å². The Kier molecular flexibility index (Phi) is 4.58. The fourth-order valence-corrected chi connectivity index (χ4v) is 4.14. The molecular weight excluding hydrogens is 328 g/mol. The molecule has 2 atom stereocenters. The highest BCUT2D eigenvalue weighted by atomic mass is 35.5. The SMILES string of the molecule is CC1(C)[C@H](C(=O)O)[C@@H]1C(=O)NCCN1CCc2c(Cl)cccc2C1. The smallest absolute Gasteiger partial charge is 0.307 e. The summed E-state index contributed by atoms with van der Waals surface area (Å²) in [6, 6.07) is 5.98. The van der Waals surface area contributed by atoms with E-state index in [0.29, 0.717) is 6.54 Å². The number of carboxylic acids is 1. The first kappa shape index (κ1) is 17.2. The first-order valence-corrected chi connectivity index (χ1v) is 8.69. The second kappa shape index (κ2) is 6.37. The quantitative estimate of drug-likeness (QED) is 0.854. The Balaban J connectivity index is 1.48. The third-order valence-corrected chi connectivity index (χ3v) is 5.75. The van der Waals surface area contributed by atoms with Crippen LogP contribution in [0.3, 0.4) is 0 Å². The monoisotopic (exact) mass is 350 g/mol. The second-order valence-electron chi connectivity index (χ2n) is 7.31. The molecule has 0 unspecified atom stereocenters. The van der Waals surface area contributed by atoms with Gasteiger partial charge in [0.2, 0.25) is 5.91 Å². The summed E-state index contributed by atoms with van der Waals surface area (Å²) in [4.78, 5) is 25.7. The Labute approximate surface area is 147 Å². The highest BCUT2D eigenvalue weighted by molar-refractivity contribution is 6.31. The van der Waals surface area contributed by atoms with Crippen LogP contribution in [0.25, 0.3) is 0 Å². The Morgan fingerprint density at radius 1 is 1.38 bits per heavy atom. The van der Waals surface area contributed by atoms with Gasteiger partial charge in [-0.25, -0.2) is 0 Å². The van der Waals surface area contributed by atoms with E-state index in [4.69, 9.17) is 16.7 Å². The van der Waals surface area contributed by atoms with Gasteiger partial charge in [0, 0.05) is 31.2 Å². The molecule has 1 saturated carbocycles. The number of nitrogens with one attached hydrogen (secondary N) is 1. The molecule has 1 aromatic rings. The molecule has 0 spiro atoms. The van der Waals surface area contributed by atoms with E-state index in [1.165, 1.54) is 11.1 Å². The van der Waals surface area contributed by atoms with Crippen LogP contribution in [0.5, 0.6) is 0 Å². The van der Waals surface area contributed by atoms with Crippen molar-refractivity contribution >= 4 is 23.5 Å². The highest BCUT2D eigenvalue weighted by Gasteiger charge is 2.65. The number of hydrogen-bond donors (Lipinski definition) is 2. The van der Waals surface area contributed by atoms with Crippen LogP contribution >= 0.6 is 11.6 Å². The lowest BCUT2D eigenvalue weighted by molar-refractivity contribution is -0.140. The molecule has 3 rings (SSSR count). The van der Waals surface area contributed by atoms with Gasteiger partial charge < -0.3 is 10.4 Å². The summed E-state index contributed by atoms with van der Waals surface area (Å²) in [7, 11) is 0. The number of nitrogens with zero attached hydrogens (tertiary/aromatic N) is 1. The molecular formula is C18H23ClN2O3. The number of aliphatic carboxylic acids is 1. The van der Waals surface area contributed by atoms with Gasteiger partial charge in [-0.3, -0.25) is 14.5 Å².